The Morgan fingerprint density at radius 2 is 2.06 bits per heavy atom. The fourth-order valence-electron chi connectivity index (χ4n) is 1.90. The first-order chi connectivity index (χ1) is 8.24. The van der Waals surface area contributed by atoms with Crippen LogP contribution in [0.3, 0.4) is 0 Å². The number of hydrogen-bond donors (Lipinski definition) is 0. The molecule has 0 spiro atoms. The van der Waals surface area contributed by atoms with Gasteiger partial charge in [0.05, 0.1) is 12.2 Å². The van der Waals surface area contributed by atoms with Crippen molar-refractivity contribution in [2.24, 2.45) is 0 Å². The number of fused-ring (bicyclic) bond motifs is 1. The normalized spacial score (nSPS) is 14.0. The van der Waals surface area contributed by atoms with Crippen molar-refractivity contribution in [1.82, 2.24) is 9.78 Å². The van der Waals surface area contributed by atoms with Crippen LogP contribution in [-0.4, -0.2) is 9.78 Å². The van der Waals surface area contributed by atoms with Crippen molar-refractivity contribution in [2.75, 3.05) is 0 Å². The van der Waals surface area contributed by atoms with Gasteiger partial charge < -0.3 is 0 Å². The average Bonchev–Trinajstić information content (AvgIpc) is 2.87. The molecule has 88 valence electrons. The van der Waals surface area contributed by atoms with E-state index in [4.69, 9.17) is 11.6 Å². The van der Waals surface area contributed by atoms with Crippen molar-refractivity contribution < 1.29 is 4.39 Å². The van der Waals surface area contributed by atoms with E-state index in [0.29, 0.717) is 11.7 Å². The van der Waals surface area contributed by atoms with Crippen LogP contribution in [0.5, 0.6) is 0 Å². The zero-order valence-corrected chi connectivity index (χ0v) is 10.6. The molecule has 0 atom stereocenters. The van der Waals surface area contributed by atoms with Crippen LogP contribution in [0, 0.1) is 5.82 Å². The molecule has 0 unspecified atom stereocenters. The van der Waals surface area contributed by atoms with Gasteiger partial charge in [0, 0.05) is 17.1 Å². The molecule has 0 amide bonds. The molecular weight excluding hydrogens is 259 g/mol. The summed E-state index contributed by atoms with van der Waals surface area (Å²) in [5.74, 6) is 1.66. The molecule has 0 saturated carbocycles. The number of nitrogens with zero attached hydrogens (tertiary/aromatic N) is 2. The van der Waals surface area contributed by atoms with Gasteiger partial charge in [-0.15, -0.1) is 0 Å². The molecule has 2 aromatic rings. The van der Waals surface area contributed by atoms with Crippen molar-refractivity contribution in [3.63, 3.8) is 0 Å². The molecule has 0 saturated heterocycles. The molecule has 17 heavy (non-hydrogen) atoms. The Balaban J connectivity index is 1.88. The highest BCUT2D eigenvalue weighted by Crippen LogP contribution is 2.34. The maximum Gasteiger partial charge on any atom is 0.131 e. The zero-order valence-electron chi connectivity index (χ0n) is 8.99. The Bertz CT molecular complexity index is 550. The van der Waals surface area contributed by atoms with Crippen molar-refractivity contribution in [2.45, 2.75) is 18.1 Å². The standard InChI is InChI=1S/C12H10ClFN2S/c13-12-10-6-17-7-11(10)15-16(12)5-8-1-3-9(14)4-2-8/h1-4H,5-7H2. The number of thioether (sulfide) groups is 1. The third-order valence-corrected chi connectivity index (χ3v) is 4.19. The predicted molar refractivity (Wildman–Crippen MR) is 67.7 cm³/mol. The fraction of sp³-hybridized carbons (Fsp3) is 0.250. The van der Waals surface area contributed by atoms with E-state index in [2.05, 4.69) is 5.10 Å². The minimum Gasteiger partial charge on any atom is -0.249 e. The van der Waals surface area contributed by atoms with Crippen LogP contribution in [0.1, 0.15) is 16.8 Å². The summed E-state index contributed by atoms with van der Waals surface area (Å²) in [6.07, 6.45) is 0. The van der Waals surface area contributed by atoms with Crippen LogP contribution >= 0.6 is 23.4 Å². The molecule has 0 aliphatic carbocycles. The minimum absolute atomic E-state index is 0.223. The summed E-state index contributed by atoms with van der Waals surface area (Å²) in [5.41, 5.74) is 3.24. The average molecular weight is 269 g/mol. The second-order valence-electron chi connectivity index (χ2n) is 3.99. The Morgan fingerprint density at radius 1 is 1.29 bits per heavy atom. The van der Waals surface area contributed by atoms with Crippen LogP contribution < -0.4 is 0 Å². The number of halogens is 2. The van der Waals surface area contributed by atoms with E-state index in [1.807, 2.05) is 11.8 Å². The largest absolute Gasteiger partial charge is 0.249 e. The molecule has 2 heterocycles. The van der Waals surface area contributed by atoms with E-state index in [-0.39, 0.29) is 5.82 Å². The predicted octanol–water partition coefficient (Wildman–Crippen LogP) is 3.47. The Labute approximate surface area is 108 Å². The first-order valence-corrected chi connectivity index (χ1v) is 6.83. The molecule has 0 fully saturated rings. The third-order valence-electron chi connectivity index (χ3n) is 2.80. The molecule has 1 aliphatic heterocycles. The minimum atomic E-state index is -0.223. The summed E-state index contributed by atoms with van der Waals surface area (Å²) in [4.78, 5) is 0. The Hall–Kier alpha value is -1.000. The lowest BCUT2D eigenvalue weighted by Gasteiger charge is -2.04. The molecule has 0 N–H and O–H groups in total. The summed E-state index contributed by atoms with van der Waals surface area (Å²) in [6.45, 7) is 0.594. The summed E-state index contributed by atoms with van der Waals surface area (Å²) >= 11 is 8.09. The molecule has 1 aromatic heterocycles. The molecule has 1 aliphatic rings. The molecule has 3 rings (SSSR count). The second kappa shape index (κ2) is 4.35. The monoisotopic (exact) mass is 268 g/mol. The van der Waals surface area contributed by atoms with E-state index in [1.54, 1.807) is 16.8 Å². The highest BCUT2D eigenvalue weighted by molar-refractivity contribution is 7.98. The van der Waals surface area contributed by atoms with Gasteiger partial charge in [-0.05, 0) is 17.7 Å². The van der Waals surface area contributed by atoms with Gasteiger partial charge in [0.15, 0.2) is 0 Å². The fourth-order valence-corrected chi connectivity index (χ4v) is 3.29. The van der Waals surface area contributed by atoms with Crippen LogP contribution in [0.15, 0.2) is 24.3 Å². The van der Waals surface area contributed by atoms with E-state index in [9.17, 15) is 4.39 Å². The SMILES string of the molecule is Fc1ccc(Cn2nc3c(c2Cl)CSC3)cc1. The van der Waals surface area contributed by atoms with Gasteiger partial charge >= 0.3 is 0 Å². The number of hydrogen-bond acceptors (Lipinski definition) is 2. The third kappa shape index (κ3) is 2.07. The van der Waals surface area contributed by atoms with E-state index in [0.717, 1.165) is 28.3 Å². The number of benzene rings is 1. The lowest BCUT2D eigenvalue weighted by Crippen LogP contribution is -2.02. The molecule has 0 bridgehead atoms. The van der Waals surface area contributed by atoms with Crippen molar-refractivity contribution in [3.8, 4) is 0 Å². The maximum absolute atomic E-state index is 12.8. The van der Waals surface area contributed by atoms with Crippen LogP contribution in [0.25, 0.3) is 0 Å². The summed E-state index contributed by atoms with van der Waals surface area (Å²) in [7, 11) is 0. The quantitative estimate of drug-likeness (QED) is 0.830. The Morgan fingerprint density at radius 3 is 2.76 bits per heavy atom. The van der Waals surface area contributed by atoms with Crippen molar-refractivity contribution >= 4 is 23.4 Å². The smallest absolute Gasteiger partial charge is 0.131 e. The second-order valence-corrected chi connectivity index (χ2v) is 5.34. The topological polar surface area (TPSA) is 17.8 Å². The molecule has 0 radical (unpaired) electrons. The maximum atomic E-state index is 12.8. The molecule has 5 heteroatoms. The van der Waals surface area contributed by atoms with Crippen LogP contribution in [0.4, 0.5) is 4.39 Å². The van der Waals surface area contributed by atoms with Gasteiger partial charge in [0.25, 0.3) is 0 Å². The first-order valence-electron chi connectivity index (χ1n) is 5.30. The van der Waals surface area contributed by atoms with E-state index >= 15 is 0 Å². The Kier molecular flexibility index (Phi) is 2.84. The molecule has 1 aromatic carbocycles. The zero-order chi connectivity index (χ0) is 11.8. The lowest BCUT2D eigenvalue weighted by atomic mass is 10.2. The van der Waals surface area contributed by atoms with E-state index in [1.165, 1.54) is 12.1 Å². The van der Waals surface area contributed by atoms with Gasteiger partial charge in [-0.2, -0.15) is 16.9 Å². The van der Waals surface area contributed by atoms with Crippen molar-refractivity contribution in [3.05, 3.63) is 52.1 Å². The van der Waals surface area contributed by atoms with Crippen molar-refractivity contribution in [1.29, 1.82) is 0 Å². The van der Waals surface area contributed by atoms with Gasteiger partial charge in [0.1, 0.15) is 11.0 Å². The summed E-state index contributed by atoms with van der Waals surface area (Å²) in [6, 6.07) is 6.42. The van der Waals surface area contributed by atoms with E-state index < -0.39 is 0 Å². The summed E-state index contributed by atoms with van der Waals surface area (Å²) in [5, 5.41) is 5.20. The van der Waals surface area contributed by atoms with Gasteiger partial charge in [0.2, 0.25) is 0 Å². The van der Waals surface area contributed by atoms with Gasteiger partial charge in [-0.1, -0.05) is 23.7 Å². The lowest BCUT2D eigenvalue weighted by molar-refractivity contribution is 0.624. The highest BCUT2D eigenvalue weighted by atomic mass is 35.5. The first kappa shape index (κ1) is 11.1. The highest BCUT2D eigenvalue weighted by Gasteiger charge is 2.21. The van der Waals surface area contributed by atoms with Crippen LogP contribution in [0.2, 0.25) is 5.15 Å². The number of aromatic nitrogens is 2. The van der Waals surface area contributed by atoms with Gasteiger partial charge in [-0.25, -0.2) is 9.07 Å². The summed E-state index contributed by atoms with van der Waals surface area (Å²) < 4.78 is 14.6. The molecule has 2 nitrogen and oxygen atoms in total. The number of rotatable bonds is 2. The van der Waals surface area contributed by atoms with Crippen LogP contribution in [-0.2, 0) is 18.1 Å². The van der Waals surface area contributed by atoms with Gasteiger partial charge in [-0.3, -0.25) is 0 Å². The molecular formula is C12H10ClFN2S.